The summed E-state index contributed by atoms with van der Waals surface area (Å²) in [7, 11) is 2.15. The fourth-order valence-electron chi connectivity index (χ4n) is 12.9. The van der Waals surface area contributed by atoms with Crippen LogP contribution in [0, 0.1) is 5.92 Å². The number of aliphatic hydroxyl groups is 1. The number of nitrogens with zero attached hydrogens (tertiary/aromatic N) is 19. The molecule has 0 aromatic carbocycles. The molecule has 1 aliphatic carbocycles. The van der Waals surface area contributed by atoms with Gasteiger partial charge in [0.2, 0.25) is 0 Å². The van der Waals surface area contributed by atoms with Crippen LogP contribution in [0.25, 0.3) is 45.6 Å². The number of ether oxygens (including phenoxy) is 1. The maximum Gasteiger partial charge on any atom is 0.173 e. The van der Waals surface area contributed by atoms with Crippen molar-refractivity contribution in [1.82, 2.24) is 93.1 Å². The Morgan fingerprint density at radius 2 is 1.23 bits per heavy atom. The first-order valence-electron chi connectivity index (χ1n) is 33.8. The molecule has 1 unspecified atom stereocenters. The average Bonchev–Trinajstić information content (AvgIpc) is 1.65. The molecule has 5 fully saturated rings. The number of nitrogens with one attached hydrogen (secondary N) is 4. The normalized spacial score (nSPS) is 19.3. The van der Waals surface area contributed by atoms with E-state index in [1.165, 1.54) is 25.7 Å². The summed E-state index contributed by atoms with van der Waals surface area (Å²) in [5.41, 5.74) is 37.5. The van der Waals surface area contributed by atoms with Crippen LogP contribution in [0.2, 0.25) is 0 Å². The average molecular weight is 1620 g/mol. The summed E-state index contributed by atoms with van der Waals surface area (Å²) in [6, 6.07) is 14.2. The number of aliphatic hydroxyl groups excluding tert-OH is 1. The van der Waals surface area contributed by atoms with Crippen molar-refractivity contribution in [3.05, 3.63) is 121 Å². The predicted octanol–water partition coefficient (Wildman–Crippen LogP) is 8.34. The number of morpholine rings is 1. The molecule has 0 amide bonds. The molecule has 4 aliphatic heterocycles. The molecule has 15 N–H and O–H groups in total. The molecule has 100 heavy (non-hydrogen) atoms. The van der Waals surface area contributed by atoms with Gasteiger partial charge in [0.15, 0.2) is 28.2 Å². The Bertz CT molecular complexity index is 4540. The van der Waals surface area contributed by atoms with Crippen molar-refractivity contribution in [3.63, 3.8) is 0 Å². The lowest BCUT2D eigenvalue weighted by Crippen LogP contribution is -2.39. The number of aromatic nitrogens is 16. The van der Waals surface area contributed by atoms with Crippen molar-refractivity contribution in [3.8, 4) is 11.3 Å². The van der Waals surface area contributed by atoms with Gasteiger partial charge in [-0.1, -0.05) is 25.0 Å². The van der Waals surface area contributed by atoms with E-state index in [0.29, 0.717) is 40.9 Å². The van der Waals surface area contributed by atoms with E-state index >= 15 is 0 Å². The van der Waals surface area contributed by atoms with Crippen LogP contribution in [0.3, 0.4) is 0 Å². The Balaban J connectivity index is 0.000000120. The van der Waals surface area contributed by atoms with E-state index in [9.17, 15) is 5.11 Å². The van der Waals surface area contributed by atoms with Gasteiger partial charge < -0.3 is 69.6 Å². The number of nitrogen functional groups attached to an aromatic ring is 4. The number of hydrogen-bond acceptors (Lipinski definition) is 25. The fraction of sp³-hybridized carbons (Fsp3) is 0.439. The second-order valence-corrected chi connectivity index (χ2v) is 28.8. The molecule has 0 spiro atoms. The summed E-state index contributed by atoms with van der Waals surface area (Å²) in [6.45, 7) is 13.7. The van der Waals surface area contributed by atoms with Gasteiger partial charge in [-0.25, -0.2) is 24.9 Å². The zero-order chi connectivity index (χ0) is 69.8. The summed E-state index contributed by atoms with van der Waals surface area (Å²) < 4.78 is 17.2. The minimum atomic E-state index is 0.223. The first-order valence-corrected chi connectivity index (χ1v) is 36.9. The Labute approximate surface area is 612 Å². The number of halogens is 4. The van der Waals surface area contributed by atoms with Gasteiger partial charge in [-0.05, 0) is 154 Å². The number of anilines is 8. The molecular weight excluding hydrogens is 1540 g/mol. The summed E-state index contributed by atoms with van der Waals surface area (Å²) in [5, 5.41) is 44.8. The molecule has 0 bridgehead atoms. The molecule has 11 aromatic heterocycles. The van der Waals surface area contributed by atoms with Crippen molar-refractivity contribution in [2.24, 2.45) is 11.7 Å². The quantitative estimate of drug-likeness (QED) is 0.0518. The van der Waals surface area contributed by atoms with E-state index in [0.717, 1.165) is 197 Å². The van der Waals surface area contributed by atoms with Crippen LogP contribution >= 0.6 is 63.7 Å². The fourth-order valence-corrected chi connectivity index (χ4v) is 14.3. The highest BCUT2D eigenvalue weighted by Crippen LogP contribution is 2.32. The topological polar surface area (TPSA) is 381 Å². The largest absolute Gasteiger partial charge is 0.396 e. The number of rotatable bonds is 13. The molecule has 5 aliphatic rings. The van der Waals surface area contributed by atoms with E-state index in [-0.39, 0.29) is 24.6 Å². The number of likely N-dealkylation sites (tertiary alicyclic amines) is 1. The highest BCUT2D eigenvalue weighted by Gasteiger charge is 2.27. The van der Waals surface area contributed by atoms with Crippen LogP contribution in [-0.2, 0) is 4.74 Å². The van der Waals surface area contributed by atoms with E-state index in [2.05, 4.69) is 152 Å². The van der Waals surface area contributed by atoms with Crippen LogP contribution in [-0.4, -0.2) is 203 Å². The number of piperidine rings is 2. The van der Waals surface area contributed by atoms with E-state index in [1.54, 1.807) is 61.3 Å². The van der Waals surface area contributed by atoms with Gasteiger partial charge in [0, 0.05) is 136 Å². The second-order valence-electron chi connectivity index (χ2n) is 25.4. The van der Waals surface area contributed by atoms with Gasteiger partial charge in [-0.2, -0.15) is 48.1 Å². The minimum Gasteiger partial charge on any atom is -0.396 e. The van der Waals surface area contributed by atoms with Gasteiger partial charge in [0.1, 0.15) is 46.5 Å². The van der Waals surface area contributed by atoms with E-state index < -0.39 is 0 Å². The standard InChI is InChI=1S/C19H29BrN6O2.C14H19N5.C12H17BrN6.C11H8BrN5.C10H13BrN6/c20-15-12-22-26-18(21-5-6-25-7-9-28-10-8-25)11-17(24-19(15)26)23-16-4-2-1-3-14(16)13-27;1-2-4-11-9-17-19-13(15)7-12(18-14(11)19)10-5-3-6-16-8-10;1-18-4-2-8(3-5-18)16-11-6-10(14)19-12(17-11)9(13)7-15-19;12-8-6-15-17-10(13)5-9(16-11(8)17)7-1-3-14-4-2-7;11-7-4-14-17-8(13)3-9(15-10(7)17)16-2-1-6(12)5-16/h11-12,14,16,21,27H,1-10,13H2,(H,23,24);2,4,7,9-10,16H,3,5-6,8,15H2,1H3;6-8H,2-5,14H2,1H3,(H,16,17);1-6H,13H2;3-4,6H,1-2,5,12-13H2/b;4-2+;;;/t14-,16-;;;;6-/m0...0/s1. The molecule has 530 valence electrons. The lowest BCUT2D eigenvalue weighted by atomic mass is 9.85. The molecule has 34 heteroatoms. The van der Waals surface area contributed by atoms with Crippen molar-refractivity contribution in [2.75, 3.05) is 136 Å². The monoisotopic (exact) mass is 1620 g/mol. The number of hydrogen-bond donors (Lipinski definition) is 10. The van der Waals surface area contributed by atoms with Gasteiger partial charge in [-0.15, -0.1) is 0 Å². The summed E-state index contributed by atoms with van der Waals surface area (Å²) in [5.74, 6) is 6.55. The molecular formula is C66H86Br4N28O2. The Morgan fingerprint density at radius 1 is 0.630 bits per heavy atom. The smallest absolute Gasteiger partial charge is 0.173 e. The predicted molar refractivity (Wildman–Crippen MR) is 407 cm³/mol. The molecule has 0 radical (unpaired) electrons. The third-order valence-corrected chi connectivity index (χ3v) is 20.5. The van der Waals surface area contributed by atoms with Crippen molar-refractivity contribution in [2.45, 2.75) is 88.8 Å². The third kappa shape index (κ3) is 17.5. The lowest BCUT2D eigenvalue weighted by Gasteiger charge is -2.31. The summed E-state index contributed by atoms with van der Waals surface area (Å²) in [6.07, 6.45) is 26.2. The van der Waals surface area contributed by atoms with Crippen LogP contribution in [0.15, 0.2) is 110 Å². The summed E-state index contributed by atoms with van der Waals surface area (Å²) in [4.78, 5) is 34.0. The van der Waals surface area contributed by atoms with Crippen LogP contribution in [0.1, 0.15) is 81.9 Å². The van der Waals surface area contributed by atoms with Gasteiger partial charge >= 0.3 is 0 Å². The molecule has 1 saturated carbocycles. The molecule has 4 saturated heterocycles. The maximum absolute atomic E-state index is 9.71. The lowest BCUT2D eigenvalue weighted by molar-refractivity contribution is 0.0398. The molecule has 15 heterocycles. The first-order chi connectivity index (χ1) is 48.6. The number of fused-ring (bicyclic) bond motifs is 5. The SMILES string of the molecule is C/C=C/c1cnn2c(N)cc(C3CCCNC3)nc12.CN1CCC(Nc2cc(N)n3ncc(Br)c3n2)CC1.Nc1cc(-c2ccncc2)nc2c(Br)cnn12.Nc1cc(N2CC[C@H](N)C2)nc2c(Br)cnn12.OC[C@@H]1CCCC[C@@H]1Nc1cc(NCCN2CCOCC2)n2ncc(Br)c2n1. The maximum atomic E-state index is 9.71. The molecule has 16 rings (SSSR count). The Morgan fingerprint density at radius 3 is 1.88 bits per heavy atom. The van der Waals surface area contributed by atoms with Crippen LogP contribution in [0.4, 0.5) is 46.5 Å². The number of nitrogens with two attached hydrogens (primary N) is 5. The van der Waals surface area contributed by atoms with Crippen LogP contribution in [0.5, 0.6) is 0 Å². The van der Waals surface area contributed by atoms with Crippen molar-refractivity contribution >= 4 is 145 Å². The number of pyridine rings is 1. The molecule has 11 aromatic rings. The Kier molecular flexibility index (Phi) is 24.2. The van der Waals surface area contributed by atoms with E-state index in [4.69, 9.17) is 43.4 Å². The minimum absolute atomic E-state index is 0.223. The number of allylic oxidation sites excluding steroid dienone is 1. The molecule has 4 atom stereocenters. The van der Waals surface area contributed by atoms with E-state index in [1.807, 2.05) is 66.2 Å². The molecule has 30 nitrogen and oxygen atoms in total. The van der Waals surface area contributed by atoms with Gasteiger partial charge in [-0.3, -0.25) is 9.88 Å². The van der Waals surface area contributed by atoms with Crippen molar-refractivity contribution < 1.29 is 9.84 Å². The van der Waals surface area contributed by atoms with Crippen LogP contribution < -0.4 is 54.8 Å². The highest BCUT2D eigenvalue weighted by atomic mass is 79.9. The first kappa shape index (κ1) is 71.9. The second kappa shape index (κ2) is 33.7. The zero-order valence-corrected chi connectivity index (χ0v) is 62.3. The Hall–Kier alpha value is -7.93. The van der Waals surface area contributed by atoms with Gasteiger partial charge in [0.05, 0.1) is 73.5 Å². The van der Waals surface area contributed by atoms with Gasteiger partial charge in [0.25, 0.3) is 0 Å². The zero-order valence-electron chi connectivity index (χ0n) is 55.9. The summed E-state index contributed by atoms with van der Waals surface area (Å²) >= 11 is 13.8. The highest BCUT2D eigenvalue weighted by molar-refractivity contribution is 9.11. The third-order valence-electron chi connectivity index (χ3n) is 18.3. The van der Waals surface area contributed by atoms with Crippen molar-refractivity contribution in [1.29, 1.82) is 0 Å².